The molecule has 5 nitrogen and oxygen atoms in total. The molecule has 0 aliphatic rings. The molecule has 20 heavy (non-hydrogen) atoms. The number of carbonyl (C=O) groups is 1. The van der Waals surface area contributed by atoms with Crippen molar-refractivity contribution in [1.82, 2.24) is 0 Å². The van der Waals surface area contributed by atoms with Gasteiger partial charge in [0.1, 0.15) is 6.61 Å². The van der Waals surface area contributed by atoms with Crippen molar-refractivity contribution in [3.05, 3.63) is 48.0 Å². The summed E-state index contributed by atoms with van der Waals surface area (Å²) in [6.45, 7) is -0.247. The molecule has 2 aromatic carbocycles. The molecule has 0 atom stereocenters. The lowest BCUT2D eigenvalue weighted by atomic mass is 10.0. The second-order valence-electron chi connectivity index (χ2n) is 4.14. The first-order valence-corrected chi connectivity index (χ1v) is 6.02. The van der Waals surface area contributed by atoms with Crippen molar-refractivity contribution in [2.45, 2.75) is 0 Å². The maximum Gasteiger partial charge on any atom is 0.338 e. The third-order valence-corrected chi connectivity index (χ3v) is 2.75. The Hall–Kier alpha value is -2.53. The van der Waals surface area contributed by atoms with Gasteiger partial charge >= 0.3 is 5.97 Å². The number of aliphatic hydroxyl groups excluding tert-OH is 1. The summed E-state index contributed by atoms with van der Waals surface area (Å²) in [5.41, 5.74) is 1.89. The first-order valence-electron chi connectivity index (χ1n) is 6.02. The molecule has 0 heterocycles. The molecule has 0 radical (unpaired) electrons. The smallest absolute Gasteiger partial charge is 0.338 e. The number of hydrogen-bond donors (Lipinski definition) is 3. The Labute approximate surface area is 115 Å². The lowest BCUT2D eigenvalue weighted by Gasteiger charge is -2.06. The molecule has 3 N–H and O–H groups in total. The van der Waals surface area contributed by atoms with Crippen molar-refractivity contribution >= 4 is 5.97 Å². The van der Waals surface area contributed by atoms with Crippen LogP contribution in [-0.2, 0) is 4.74 Å². The van der Waals surface area contributed by atoms with Crippen molar-refractivity contribution in [2.24, 2.45) is 0 Å². The van der Waals surface area contributed by atoms with Gasteiger partial charge in [-0.3, -0.25) is 0 Å². The summed E-state index contributed by atoms with van der Waals surface area (Å²) >= 11 is 0. The molecule has 2 rings (SSSR count). The van der Waals surface area contributed by atoms with E-state index in [0.29, 0.717) is 5.56 Å². The van der Waals surface area contributed by atoms with E-state index in [2.05, 4.69) is 0 Å². The zero-order chi connectivity index (χ0) is 14.5. The number of aromatic hydroxyl groups is 2. The Bertz CT molecular complexity index is 604. The van der Waals surface area contributed by atoms with Gasteiger partial charge in [0.2, 0.25) is 0 Å². The third-order valence-electron chi connectivity index (χ3n) is 2.75. The Morgan fingerprint density at radius 1 is 0.950 bits per heavy atom. The molecule has 104 valence electrons. The molecule has 0 saturated heterocycles. The minimum Gasteiger partial charge on any atom is -0.504 e. The average molecular weight is 274 g/mol. The number of esters is 1. The van der Waals surface area contributed by atoms with Gasteiger partial charge in [-0.25, -0.2) is 4.79 Å². The number of ether oxygens (including phenoxy) is 1. The summed E-state index contributed by atoms with van der Waals surface area (Å²) in [6.07, 6.45) is 0. The van der Waals surface area contributed by atoms with Crippen LogP contribution in [0.5, 0.6) is 11.5 Å². The third kappa shape index (κ3) is 3.07. The highest BCUT2D eigenvalue weighted by Gasteiger charge is 2.08. The van der Waals surface area contributed by atoms with Crippen LogP contribution in [0.2, 0.25) is 0 Å². The van der Waals surface area contributed by atoms with Crippen LogP contribution in [0.15, 0.2) is 42.5 Å². The van der Waals surface area contributed by atoms with Crippen molar-refractivity contribution in [2.75, 3.05) is 13.2 Å². The van der Waals surface area contributed by atoms with Gasteiger partial charge in [0, 0.05) is 0 Å². The maximum absolute atomic E-state index is 11.5. The Kier molecular flexibility index (Phi) is 4.22. The van der Waals surface area contributed by atoms with Gasteiger partial charge in [-0.1, -0.05) is 18.2 Å². The van der Waals surface area contributed by atoms with Gasteiger partial charge < -0.3 is 20.1 Å². The summed E-state index contributed by atoms with van der Waals surface area (Å²) in [5.74, 6) is -0.883. The van der Waals surface area contributed by atoms with Crippen molar-refractivity contribution in [1.29, 1.82) is 0 Å². The zero-order valence-electron chi connectivity index (χ0n) is 10.6. The molecule has 0 aliphatic carbocycles. The van der Waals surface area contributed by atoms with Gasteiger partial charge in [0.15, 0.2) is 11.5 Å². The number of hydrogen-bond acceptors (Lipinski definition) is 5. The quantitative estimate of drug-likeness (QED) is 0.585. The second-order valence-corrected chi connectivity index (χ2v) is 4.14. The number of phenolic OH excluding ortho intramolecular Hbond substituents is 2. The standard InChI is InChI=1S/C15H14O5/c16-7-8-20-15(19)11-3-1-10(2-4-11)12-5-6-13(17)14(18)9-12/h1-6,9,16-18H,7-8H2. The summed E-state index contributed by atoms with van der Waals surface area (Å²) in [5, 5.41) is 27.3. The van der Waals surface area contributed by atoms with E-state index in [9.17, 15) is 15.0 Å². The molecular formula is C15H14O5. The first kappa shape index (κ1) is 13.9. The lowest BCUT2D eigenvalue weighted by molar-refractivity contribution is 0.0434. The average Bonchev–Trinajstić information content (AvgIpc) is 2.48. The largest absolute Gasteiger partial charge is 0.504 e. The monoisotopic (exact) mass is 274 g/mol. The van der Waals surface area contributed by atoms with E-state index in [1.165, 1.54) is 12.1 Å². The van der Waals surface area contributed by atoms with Crippen LogP contribution in [0.3, 0.4) is 0 Å². The summed E-state index contributed by atoms with van der Waals surface area (Å²) in [7, 11) is 0. The molecule has 0 spiro atoms. The van der Waals surface area contributed by atoms with E-state index in [1.54, 1.807) is 30.3 Å². The first-order chi connectivity index (χ1) is 9.61. The van der Waals surface area contributed by atoms with Crippen LogP contribution in [0.4, 0.5) is 0 Å². The minimum atomic E-state index is -0.501. The molecule has 0 unspecified atom stereocenters. The number of phenols is 2. The fourth-order valence-electron chi connectivity index (χ4n) is 1.72. The van der Waals surface area contributed by atoms with E-state index in [0.717, 1.165) is 11.1 Å². The molecule has 0 amide bonds. The molecule has 0 bridgehead atoms. The molecule has 0 fully saturated rings. The summed E-state index contributed by atoms with van der Waals surface area (Å²) in [4.78, 5) is 11.5. The maximum atomic E-state index is 11.5. The number of carbonyl (C=O) groups excluding carboxylic acids is 1. The van der Waals surface area contributed by atoms with Gasteiger partial charge in [-0.2, -0.15) is 0 Å². The number of rotatable bonds is 4. The number of benzene rings is 2. The summed E-state index contributed by atoms with van der Waals surface area (Å²) < 4.78 is 4.80. The second kappa shape index (κ2) is 6.08. The minimum absolute atomic E-state index is 0.0353. The van der Waals surface area contributed by atoms with Gasteiger partial charge in [-0.05, 0) is 35.4 Å². The van der Waals surface area contributed by atoms with Crippen LogP contribution >= 0.6 is 0 Å². The molecule has 0 aliphatic heterocycles. The van der Waals surface area contributed by atoms with Crippen molar-refractivity contribution in [3.63, 3.8) is 0 Å². The van der Waals surface area contributed by atoms with Crippen molar-refractivity contribution in [3.8, 4) is 22.6 Å². The highest BCUT2D eigenvalue weighted by atomic mass is 16.5. The predicted octanol–water partition coefficient (Wildman–Crippen LogP) is 1.91. The van der Waals surface area contributed by atoms with E-state index in [-0.39, 0.29) is 24.7 Å². The van der Waals surface area contributed by atoms with Gasteiger partial charge in [-0.15, -0.1) is 0 Å². The highest BCUT2D eigenvalue weighted by molar-refractivity contribution is 5.90. The Balaban J connectivity index is 2.19. The van der Waals surface area contributed by atoms with E-state index < -0.39 is 5.97 Å². The topological polar surface area (TPSA) is 87.0 Å². The SMILES string of the molecule is O=C(OCCO)c1ccc(-c2ccc(O)c(O)c2)cc1. The highest BCUT2D eigenvalue weighted by Crippen LogP contribution is 2.30. The van der Waals surface area contributed by atoms with Gasteiger partial charge in [0.05, 0.1) is 12.2 Å². The van der Waals surface area contributed by atoms with E-state index in [4.69, 9.17) is 9.84 Å². The fraction of sp³-hybridized carbons (Fsp3) is 0.133. The molecular weight excluding hydrogens is 260 g/mol. The van der Waals surface area contributed by atoms with Crippen LogP contribution < -0.4 is 0 Å². The lowest BCUT2D eigenvalue weighted by Crippen LogP contribution is -2.08. The van der Waals surface area contributed by atoms with Crippen molar-refractivity contribution < 1.29 is 24.9 Å². The van der Waals surface area contributed by atoms with Crippen LogP contribution in [0, 0.1) is 0 Å². The molecule has 5 heteroatoms. The zero-order valence-corrected chi connectivity index (χ0v) is 10.6. The van der Waals surface area contributed by atoms with Crippen LogP contribution in [0.1, 0.15) is 10.4 Å². The van der Waals surface area contributed by atoms with E-state index >= 15 is 0 Å². The molecule has 0 saturated carbocycles. The van der Waals surface area contributed by atoms with Gasteiger partial charge in [0.25, 0.3) is 0 Å². The molecule has 2 aromatic rings. The molecule has 0 aromatic heterocycles. The van der Waals surface area contributed by atoms with E-state index in [1.807, 2.05) is 0 Å². The van der Waals surface area contributed by atoms with Crippen LogP contribution in [0.25, 0.3) is 11.1 Å². The normalized spacial score (nSPS) is 10.2. The Morgan fingerprint density at radius 2 is 1.60 bits per heavy atom. The number of aliphatic hydroxyl groups is 1. The fourth-order valence-corrected chi connectivity index (χ4v) is 1.72. The summed E-state index contributed by atoms with van der Waals surface area (Å²) in [6, 6.07) is 11.1. The predicted molar refractivity (Wildman–Crippen MR) is 72.6 cm³/mol. The Morgan fingerprint density at radius 3 is 2.20 bits per heavy atom. The van der Waals surface area contributed by atoms with Crippen LogP contribution in [-0.4, -0.2) is 34.5 Å².